The maximum atomic E-state index is 12.2. The largest absolute Gasteiger partial charge is 0.371 e. The maximum Gasteiger partial charge on any atom is 0.279 e. The van der Waals surface area contributed by atoms with E-state index >= 15 is 0 Å². The standard InChI is InChI=1S/C15H17NO3/c1-18-14-9-12-11-6-4-3-5-10(11)7-8-13(12)16(19-2)15(14)17/h3-6,14H,7-9H2,1-2H3. The van der Waals surface area contributed by atoms with Crippen LogP contribution in [0.3, 0.4) is 0 Å². The number of hydroxylamine groups is 2. The fourth-order valence-electron chi connectivity index (χ4n) is 2.96. The Hall–Kier alpha value is -1.65. The van der Waals surface area contributed by atoms with Crippen LogP contribution in [-0.2, 0) is 20.8 Å². The zero-order valence-corrected chi connectivity index (χ0v) is 11.2. The fraction of sp³-hybridized carbons (Fsp3) is 0.400. The second kappa shape index (κ2) is 4.79. The molecule has 2 aliphatic rings. The van der Waals surface area contributed by atoms with Gasteiger partial charge in [0.05, 0.1) is 12.8 Å². The van der Waals surface area contributed by atoms with Crippen LogP contribution >= 0.6 is 0 Å². The summed E-state index contributed by atoms with van der Waals surface area (Å²) in [4.78, 5) is 17.5. The Labute approximate surface area is 112 Å². The molecule has 1 aliphatic carbocycles. The van der Waals surface area contributed by atoms with E-state index in [1.54, 1.807) is 7.11 Å². The van der Waals surface area contributed by atoms with Gasteiger partial charge in [0.15, 0.2) is 0 Å². The number of rotatable bonds is 2. The second-order valence-corrected chi connectivity index (χ2v) is 4.83. The highest BCUT2D eigenvalue weighted by Crippen LogP contribution is 2.39. The van der Waals surface area contributed by atoms with Crippen molar-refractivity contribution in [2.24, 2.45) is 0 Å². The lowest BCUT2D eigenvalue weighted by Crippen LogP contribution is -2.44. The van der Waals surface area contributed by atoms with E-state index in [0.717, 1.165) is 18.5 Å². The summed E-state index contributed by atoms with van der Waals surface area (Å²) in [5, 5.41) is 1.41. The average molecular weight is 259 g/mol. The number of hydrogen-bond donors (Lipinski definition) is 0. The van der Waals surface area contributed by atoms with Gasteiger partial charge >= 0.3 is 0 Å². The first kappa shape index (κ1) is 12.4. The van der Waals surface area contributed by atoms with Gasteiger partial charge in [-0.1, -0.05) is 24.3 Å². The molecule has 0 N–H and O–H groups in total. The Kier molecular flexibility index (Phi) is 3.12. The van der Waals surface area contributed by atoms with Crippen LogP contribution in [0.25, 0.3) is 5.57 Å². The Morgan fingerprint density at radius 3 is 2.74 bits per heavy atom. The molecule has 0 bridgehead atoms. The molecule has 1 aliphatic heterocycles. The van der Waals surface area contributed by atoms with Crippen molar-refractivity contribution in [3.8, 4) is 0 Å². The number of carbonyl (C=O) groups is 1. The zero-order valence-electron chi connectivity index (χ0n) is 11.2. The molecule has 4 heteroatoms. The maximum absolute atomic E-state index is 12.2. The van der Waals surface area contributed by atoms with Crippen molar-refractivity contribution in [1.29, 1.82) is 0 Å². The van der Waals surface area contributed by atoms with Gasteiger partial charge in [-0.2, -0.15) is 5.06 Å². The Balaban J connectivity index is 2.11. The zero-order chi connectivity index (χ0) is 13.4. The molecular weight excluding hydrogens is 242 g/mol. The van der Waals surface area contributed by atoms with Gasteiger partial charge in [-0.25, -0.2) is 0 Å². The molecule has 0 saturated heterocycles. The molecule has 1 aromatic rings. The average Bonchev–Trinajstić information content (AvgIpc) is 2.46. The topological polar surface area (TPSA) is 38.8 Å². The number of allylic oxidation sites excluding steroid dienone is 1. The molecule has 4 nitrogen and oxygen atoms in total. The molecule has 0 radical (unpaired) electrons. The lowest BCUT2D eigenvalue weighted by Gasteiger charge is -2.36. The summed E-state index contributed by atoms with van der Waals surface area (Å²) in [7, 11) is 3.10. The van der Waals surface area contributed by atoms with Crippen molar-refractivity contribution in [2.45, 2.75) is 25.4 Å². The van der Waals surface area contributed by atoms with E-state index < -0.39 is 6.10 Å². The Morgan fingerprint density at radius 1 is 1.21 bits per heavy atom. The van der Waals surface area contributed by atoms with Crippen molar-refractivity contribution < 1.29 is 14.4 Å². The smallest absolute Gasteiger partial charge is 0.279 e. The van der Waals surface area contributed by atoms with Crippen LogP contribution < -0.4 is 0 Å². The van der Waals surface area contributed by atoms with Crippen LogP contribution in [0.4, 0.5) is 0 Å². The van der Waals surface area contributed by atoms with Gasteiger partial charge in [-0.05, 0) is 29.5 Å². The number of fused-ring (bicyclic) bond motifs is 2. The fourth-order valence-corrected chi connectivity index (χ4v) is 2.96. The summed E-state index contributed by atoms with van der Waals surface area (Å²) in [6, 6.07) is 8.35. The number of nitrogens with zero attached hydrogens (tertiary/aromatic N) is 1. The van der Waals surface area contributed by atoms with Crippen molar-refractivity contribution in [1.82, 2.24) is 5.06 Å². The second-order valence-electron chi connectivity index (χ2n) is 4.83. The molecule has 19 heavy (non-hydrogen) atoms. The number of hydrogen-bond acceptors (Lipinski definition) is 3. The third-order valence-corrected chi connectivity index (χ3v) is 3.90. The number of methoxy groups -OCH3 is 1. The molecule has 1 aromatic carbocycles. The van der Waals surface area contributed by atoms with E-state index in [0.29, 0.717) is 6.42 Å². The van der Waals surface area contributed by atoms with Crippen LogP contribution in [0.2, 0.25) is 0 Å². The molecule has 0 aromatic heterocycles. The molecule has 0 spiro atoms. The first-order valence-corrected chi connectivity index (χ1v) is 6.47. The predicted octanol–water partition coefficient (Wildman–Crippen LogP) is 2.15. The molecule has 1 unspecified atom stereocenters. The van der Waals surface area contributed by atoms with Gasteiger partial charge in [0.25, 0.3) is 5.91 Å². The normalized spacial score (nSPS) is 22.3. The van der Waals surface area contributed by atoms with Crippen molar-refractivity contribution in [3.63, 3.8) is 0 Å². The van der Waals surface area contributed by atoms with Crippen LogP contribution in [0, 0.1) is 0 Å². The SMILES string of the molecule is COC1CC2=C(CCc3ccccc32)N(OC)C1=O. The summed E-state index contributed by atoms with van der Waals surface area (Å²) in [6.45, 7) is 0. The van der Waals surface area contributed by atoms with Gasteiger partial charge in [-0.15, -0.1) is 0 Å². The van der Waals surface area contributed by atoms with Crippen LogP contribution in [-0.4, -0.2) is 31.3 Å². The van der Waals surface area contributed by atoms with E-state index in [1.807, 2.05) is 6.07 Å². The minimum Gasteiger partial charge on any atom is -0.371 e. The highest BCUT2D eigenvalue weighted by atomic mass is 16.7. The van der Waals surface area contributed by atoms with E-state index in [4.69, 9.17) is 9.57 Å². The summed E-state index contributed by atoms with van der Waals surface area (Å²) < 4.78 is 5.29. The van der Waals surface area contributed by atoms with Gasteiger partial charge < -0.3 is 4.74 Å². The highest BCUT2D eigenvalue weighted by Gasteiger charge is 2.37. The highest BCUT2D eigenvalue weighted by molar-refractivity contribution is 5.90. The predicted molar refractivity (Wildman–Crippen MR) is 71.0 cm³/mol. The quantitative estimate of drug-likeness (QED) is 0.817. The van der Waals surface area contributed by atoms with E-state index in [1.165, 1.54) is 28.9 Å². The molecular formula is C15H17NO3. The van der Waals surface area contributed by atoms with Crippen molar-refractivity contribution in [2.75, 3.05) is 14.2 Å². The van der Waals surface area contributed by atoms with Crippen LogP contribution in [0.5, 0.6) is 0 Å². The van der Waals surface area contributed by atoms with Crippen LogP contribution in [0.1, 0.15) is 24.0 Å². The summed E-state index contributed by atoms with van der Waals surface area (Å²) in [6.07, 6.45) is 1.95. The number of aryl methyl sites for hydroxylation is 1. The molecule has 1 atom stereocenters. The third kappa shape index (κ3) is 1.88. The first-order valence-electron chi connectivity index (χ1n) is 6.47. The van der Waals surface area contributed by atoms with Gasteiger partial charge in [0.1, 0.15) is 6.10 Å². The number of benzene rings is 1. The Morgan fingerprint density at radius 2 is 2.00 bits per heavy atom. The summed E-state index contributed by atoms with van der Waals surface area (Å²) in [5.41, 5.74) is 4.72. The van der Waals surface area contributed by atoms with Crippen molar-refractivity contribution in [3.05, 3.63) is 41.1 Å². The van der Waals surface area contributed by atoms with Gasteiger partial charge in [0.2, 0.25) is 0 Å². The summed E-state index contributed by atoms with van der Waals surface area (Å²) >= 11 is 0. The Bertz CT molecular complexity index is 550. The molecule has 0 fully saturated rings. The van der Waals surface area contributed by atoms with Gasteiger partial charge in [-0.3, -0.25) is 9.63 Å². The molecule has 0 saturated carbocycles. The summed E-state index contributed by atoms with van der Waals surface area (Å²) in [5.74, 6) is -0.108. The van der Waals surface area contributed by atoms with E-state index in [-0.39, 0.29) is 5.91 Å². The molecule has 1 heterocycles. The van der Waals surface area contributed by atoms with Crippen LogP contribution in [0.15, 0.2) is 30.0 Å². The van der Waals surface area contributed by atoms with E-state index in [9.17, 15) is 4.79 Å². The third-order valence-electron chi connectivity index (χ3n) is 3.90. The number of amides is 1. The first-order chi connectivity index (χ1) is 9.26. The minimum atomic E-state index is -0.454. The van der Waals surface area contributed by atoms with Crippen molar-refractivity contribution >= 4 is 11.5 Å². The molecule has 100 valence electrons. The lowest BCUT2D eigenvalue weighted by atomic mass is 9.83. The van der Waals surface area contributed by atoms with Gasteiger partial charge in [0, 0.05) is 13.5 Å². The lowest BCUT2D eigenvalue weighted by molar-refractivity contribution is -0.179. The number of ether oxygens (including phenoxy) is 1. The monoisotopic (exact) mass is 259 g/mol. The van der Waals surface area contributed by atoms with E-state index in [2.05, 4.69) is 18.2 Å². The minimum absolute atomic E-state index is 0.108. The molecule has 1 amide bonds. The number of carbonyl (C=O) groups excluding carboxylic acids is 1. The molecule has 3 rings (SSSR count).